The Kier molecular flexibility index (Phi) is 4.24. The van der Waals surface area contributed by atoms with Crippen molar-refractivity contribution in [1.82, 2.24) is 0 Å². The van der Waals surface area contributed by atoms with Gasteiger partial charge in [0.05, 0.1) is 0 Å². The van der Waals surface area contributed by atoms with Crippen molar-refractivity contribution in [3.63, 3.8) is 0 Å². The smallest absolute Gasteiger partial charge is 0.0310 e. The Labute approximate surface area is 128 Å². The molecule has 108 valence electrons. The van der Waals surface area contributed by atoms with Crippen LogP contribution < -0.4 is 0 Å². The van der Waals surface area contributed by atoms with Gasteiger partial charge in [0.1, 0.15) is 0 Å². The zero-order valence-electron chi connectivity index (χ0n) is 12.9. The Balaban J connectivity index is 1.94. The van der Waals surface area contributed by atoms with Crippen molar-refractivity contribution in [2.75, 3.05) is 0 Å². The lowest BCUT2D eigenvalue weighted by molar-refractivity contribution is 0.778. The topological polar surface area (TPSA) is 0 Å². The van der Waals surface area contributed by atoms with E-state index in [1.54, 1.807) is 11.1 Å². The van der Waals surface area contributed by atoms with Crippen molar-refractivity contribution >= 4 is 6.08 Å². The first-order chi connectivity index (χ1) is 10.3. The fraction of sp³-hybridized carbons (Fsp3) is 0.333. The lowest BCUT2D eigenvalue weighted by Gasteiger charge is -2.21. The minimum absolute atomic E-state index is 0.463. The van der Waals surface area contributed by atoms with Gasteiger partial charge in [-0.2, -0.15) is 0 Å². The van der Waals surface area contributed by atoms with Gasteiger partial charge in [0.15, 0.2) is 0 Å². The Morgan fingerprint density at radius 2 is 2.10 bits per heavy atom. The highest BCUT2D eigenvalue weighted by Crippen LogP contribution is 2.47. The van der Waals surface area contributed by atoms with Crippen molar-refractivity contribution in [1.29, 1.82) is 0 Å². The number of fused-ring (bicyclic) bond motifs is 1. The van der Waals surface area contributed by atoms with Crippen molar-refractivity contribution in [2.45, 2.75) is 44.9 Å². The van der Waals surface area contributed by atoms with E-state index >= 15 is 0 Å². The van der Waals surface area contributed by atoms with Gasteiger partial charge in [-0.3, -0.25) is 0 Å². The largest absolute Gasteiger partial charge is 0.103 e. The van der Waals surface area contributed by atoms with Gasteiger partial charge in [-0.1, -0.05) is 67.5 Å². The Hall–Kier alpha value is -1.82. The quantitative estimate of drug-likeness (QED) is 0.543. The number of allylic oxidation sites excluding steroid dienone is 6. The van der Waals surface area contributed by atoms with Crippen molar-refractivity contribution < 1.29 is 0 Å². The zero-order valence-corrected chi connectivity index (χ0v) is 12.9. The average Bonchev–Trinajstić information content (AvgIpc) is 3.08. The van der Waals surface area contributed by atoms with Crippen molar-refractivity contribution in [3.8, 4) is 0 Å². The minimum atomic E-state index is 0.463. The second kappa shape index (κ2) is 6.30. The standard InChI is InChI=1S/C21H24/c1-3-5-10-16-12-8-14-19(16)21-18(9-4-2)15-17-11-6-7-13-20(17)21/h4,6-7,11-15,21H,2-3,5,8-10H2,1H3. The van der Waals surface area contributed by atoms with Crippen LogP contribution in [0.3, 0.4) is 0 Å². The summed E-state index contributed by atoms with van der Waals surface area (Å²) >= 11 is 0. The van der Waals surface area contributed by atoms with Gasteiger partial charge in [0.2, 0.25) is 0 Å². The summed E-state index contributed by atoms with van der Waals surface area (Å²) in [5, 5.41) is 0. The van der Waals surface area contributed by atoms with Gasteiger partial charge in [0.25, 0.3) is 0 Å². The highest BCUT2D eigenvalue weighted by Gasteiger charge is 2.29. The molecule has 1 aromatic carbocycles. The molecule has 0 aliphatic heterocycles. The van der Waals surface area contributed by atoms with Crippen LogP contribution in [0.1, 0.15) is 56.1 Å². The summed E-state index contributed by atoms with van der Waals surface area (Å²) in [4.78, 5) is 0. The molecule has 0 amide bonds. The summed E-state index contributed by atoms with van der Waals surface area (Å²) < 4.78 is 0. The fourth-order valence-electron chi connectivity index (χ4n) is 3.59. The molecule has 0 spiro atoms. The van der Waals surface area contributed by atoms with Crippen molar-refractivity contribution in [3.05, 3.63) is 76.9 Å². The number of rotatable bonds is 6. The van der Waals surface area contributed by atoms with Crippen LogP contribution in [0.5, 0.6) is 0 Å². The van der Waals surface area contributed by atoms with E-state index in [-0.39, 0.29) is 0 Å². The molecule has 0 saturated heterocycles. The van der Waals surface area contributed by atoms with Gasteiger partial charge >= 0.3 is 0 Å². The zero-order chi connectivity index (χ0) is 14.7. The molecule has 2 aliphatic rings. The molecule has 21 heavy (non-hydrogen) atoms. The molecule has 0 bridgehead atoms. The molecule has 0 radical (unpaired) electrons. The monoisotopic (exact) mass is 276 g/mol. The first kappa shape index (κ1) is 14.1. The van der Waals surface area contributed by atoms with Crippen molar-refractivity contribution in [2.24, 2.45) is 0 Å². The van der Waals surface area contributed by atoms with E-state index < -0.39 is 0 Å². The number of hydrogen-bond donors (Lipinski definition) is 0. The highest BCUT2D eigenvalue weighted by molar-refractivity contribution is 5.71. The maximum Gasteiger partial charge on any atom is 0.0310 e. The van der Waals surface area contributed by atoms with E-state index in [0.717, 1.165) is 12.8 Å². The lowest BCUT2D eigenvalue weighted by atomic mass is 9.83. The van der Waals surface area contributed by atoms with Crippen LogP contribution in [0, 0.1) is 0 Å². The molecule has 0 heterocycles. The third-order valence-corrected chi connectivity index (χ3v) is 4.58. The number of hydrogen-bond acceptors (Lipinski definition) is 0. The van der Waals surface area contributed by atoms with Gasteiger partial charge in [-0.15, -0.1) is 6.58 Å². The molecule has 1 aromatic rings. The molecule has 0 N–H and O–H groups in total. The summed E-state index contributed by atoms with van der Waals surface area (Å²) in [7, 11) is 0. The SMILES string of the molecule is C=CCC1=Cc2ccccc2C1C1=CCC=C1CCCC. The summed E-state index contributed by atoms with van der Waals surface area (Å²) in [6, 6.07) is 8.84. The highest BCUT2D eigenvalue weighted by atomic mass is 14.3. The maximum atomic E-state index is 3.94. The van der Waals surface area contributed by atoms with E-state index in [9.17, 15) is 0 Å². The molecule has 0 saturated carbocycles. The van der Waals surface area contributed by atoms with Crippen LogP contribution in [0.15, 0.2) is 65.8 Å². The van der Waals surface area contributed by atoms with Crippen LogP contribution >= 0.6 is 0 Å². The molecule has 0 aromatic heterocycles. The molecule has 2 aliphatic carbocycles. The van der Waals surface area contributed by atoms with Gasteiger partial charge in [-0.25, -0.2) is 0 Å². The van der Waals surface area contributed by atoms with Gasteiger partial charge in [-0.05, 0) is 48.0 Å². The summed E-state index contributed by atoms with van der Waals surface area (Å²) in [5.74, 6) is 0.463. The number of benzene rings is 1. The molecular formula is C21H24. The van der Waals surface area contributed by atoms with Crippen LogP contribution in [0.4, 0.5) is 0 Å². The van der Waals surface area contributed by atoms with E-state index in [1.165, 1.54) is 36.0 Å². The first-order valence-corrected chi connectivity index (χ1v) is 8.15. The predicted octanol–water partition coefficient (Wildman–Crippen LogP) is 6.19. The van der Waals surface area contributed by atoms with Crippen LogP contribution in [-0.4, -0.2) is 0 Å². The van der Waals surface area contributed by atoms with Crippen LogP contribution in [0.25, 0.3) is 6.08 Å². The molecule has 0 fully saturated rings. The van der Waals surface area contributed by atoms with Crippen LogP contribution in [0.2, 0.25) is 0 Å². The lowest BCUT2D eigenvalue weighted by Crippen LogP contribution is -2.04. The molecule has 3 rings (SSSR count). The predicted molar refractivity (Wildman–Crippen MR) is 92.3 cm³/mol. The Morgan fingerprint density at radius 3 is 2.90 bits per heavy atom. The average molecular weight is 276 g/mol. The molecule has 0 heteroatoms. The third kappa shape index (κ3) is 2.68. The summed E-state index contributed by atoms with van der Waals surface area (Å²) in [6.07, 6.45) is 15.1. The van der Waals surface area contributed by atoms with Gasteiger partial charge < -0.3 is 0 Å². The molecule has 1 atom stereocenters. The number of unbranched alkanes of at least 4 members (excludes halogenated alkanes) is 1. The second-order valence-corrected chi connectivity index (χ2v) is 6.00. The molecular weight excluding hydrogens is 252 g/mol. The summed E-state index contributed by atoms with van der Waals surface area (Å²) in [6.45, 7) is 6.21. The Bertz CT molecular complexity index is 625. The van der Waals surface area contributed by atoms with E-state index in [0.29, 0.717) is 5.92 Å². The normalized spacial score (nSPS) is 19.9. The van der Waals surface area contributed by atoms with E-state index in [4.69, 9.17) is 0 Å². The van der Waals surface area contributed by atoms with Crippen LogP contribution in [-0.2, 0) is 0 Å². The van der Waals surface area contributed by atoms with E-state index in [1.807, 2.05) is 6.08 Å². The second-order valence-electron chi connectivity index (χ2n) is 6.00. The first-order valence-electron chi connectivity index (χ1n) is 8.15. The third-order valence-electron chi connectivity index (χ3n) is 4.58. The molecule has 1 unspecified atom stereocenters. The molecule has 0 nitrogen and oxygen atoms in total. The Morgan fingerprint density at radius 1 is 1.24 bits per heavy atom. The van der Waals surface area contributed by atoms with Gasteiger partial charge in [0, 0.05) is 5.92 Å². The minimum Gasteiger partial charge on any atom is -0.103 e. The van der Waals surface area contributed by atoms with E-state index in [2.05, 4.69) is 56.0 Å². The summed E-state index contributed by atoms with van der Waals surface area (Å²) in [5.41, 5.74) is 7.50. The maximum absolute atomic E-state index is 3.94. The fourth-order valence-corrected chi connectivity index (χ4v) is 3.59.